The van der Waals surface area contributed by atoms with Gasteiger partial charge in [-0.3, -0.25) is 14.4 Å². The van der Waals surface area contributed by atoms with Gasteiger partial charge in [0.15, 0.2) is 0 Å². The van der Waals surface area contributed by atoms with Crippen molar-refractivity contribution >= 4 is 35.1 Å². The normalized spacial score (nSPS) is 25.5. The highest BCUT2D eigenvalue weighted by atomic mass is 16.7. The van der Waals surface area contributed by atoms with Crippen LogP contribution in [0.5, 0.6) is 5.75 Å². The number of nitrogens with zero attached hydrogens (tertiary/aromatic N) is 4. The van der Waals surface area contributed by atoms with Crippen LogP contribution in [-0.2, 0) is 21.2 Å². The molecular weight excluding hydrogens is 649 g/mol. The molecule has 3 aromatic rings. The Morgan fingerprint density at radius 3 is 2.37 bits per heavy atom. The lowest BCUT2D eigenvalue weighted by Crippen LogP contribution is -2.54. The average Bonchev–Trinajstić information content (AvgIpc) is 3.54. The van der Waals surface area contributed by atoms with Gasteiger partial charge in [0.05, 0.1) is 34.4 Å². The van der Waals surface area contributed by atoms with Crippen molar-refractivity contribution in [2.24, 2.45) is 13.0 Å². The van der Waals surface area contributed by atoms with Gasteiger partial charge in [-0.05, 0) is 141 Å². The van der Waals surface area contributed by atoms with Crippen molar-refractivity contribution in [1.82, 2.24) is 20.0 Å². The number of allylic oxidation sites excluding steroid dienone is 1. The number of aromatic nitrogens is 2. The molecule has 9 nitrogen and oxygen atoms in total. The monoisotopic (exact) mass is 709 g/mol. The van der Waals surface area contributed by atoms with E-state index in [1.807, 2.05) is 11.7 Å². The maximum atomic E-state index is 12.7. The molecule has 0 radical (unpaired) electrons. The Balaban J connectivity index is 0.882. The molecule has 10 heteroatoms. The molecule has 1 atom stereocenters. The Labute approximate surface area is 311 Å². The first kappa shape index (κ1) is 37.0. The number of nitrogens with one attached hydrogen (secondary N) is 1. The number of piperazine rings is 1. The van der Waals surface area contributed by atoms with Crippen LogP contribution in [0.15, 0.2) is 48.7 Å². The van der Waals surface area contributed by atoms with Gasteiger partial charge in [-0.2, -0.15) is 5.10 Å². The zero-order valence-corrected chi connectivity index (χ0v) is 32.9. The molecule has 2 aromatic carbocycles. The highest BCUT2D eigenvalue weighted by Crippen LogP contribution is 2.39. The van der Waals surface area contributed by atoms with E-state index in [-0.39, 0.29) is 41.8 Å². The maximum Gasteiger partial charge on any atom is 0.495 e. The minimum Gasteiger partial charge on any atom is -0.490 e. The van der Waals surface area contributed by atoms with E-state index in [1.165, 1.54) is 31.4 Å². The van der Waals surface area contributed by atoms with E-state index in [9.17, 15) is 4.79 Å². The molecule has 1 aromatic heterocycles. The van der Waals surface area contributed by atoms with Crippen molar-refractivity contribution in [2.75, 3.05) is 31.1 Å². The number of fused-ring (bicyclic) bond motifs is 1. The first-order chi connectivity index (χ1) is 24.6. The van der Waals surface area contributed by atoms with Crippen LogP contribution < -0.4 is 20.4 Å². The van der Waals surface area contributed by atoms with Gasteiger partial charge in [-0.15, -0.1) is 0 Å². The quantitative estimate of drug-likeness (QED) is 0.240. The summed E-state index contributed by atoms with van der Waals surface area (Å²) in [5.74, 6) is 1.50. The number of carbonyl (C=O) groups is 1. The van der Waals surface area contributed by atoms with Gasteiger partial charge < -0.3 is 24.3 Å². The van der Waals surface area contributed by atoms with E-state index >= 15 is 0 Å². The molecule has 0 bridgehead atoms. The number of carbonyl (C=O) groups excluding carboxylic acids is 1. The first-order valence-electron chi connectivity index (χ1n) is 19.7. The van der Waals surface area contributed by atoms with Crippen molar-refractivity contribution in [3.63, 3.8) is 0 Å². The Morgan fingerprint density at radius 2 is 1.69 bits per heavy atom. The lowest BCUT2D eigenvalue weighted by Gasteiger charge is -2.45. The summed E-state index contributed by atoms with van der Waals surface area (Å²) in [4.78, 5) is 17.9. The molecule has 4 aliphatic rings. The number of hydrogen-bond donors (Lipinski definition) is 1. The van der Waals surface area contributed by atoms with Crippen molar-refractivity contribution in [3.8, 4) is 5.75 Å². The number of benzene rings is 2. The molecule has 1 N–H and O–H groups in total. The minimum atomic E-state index is -0.375. The van der Waals surface area contributed by atoms with Crippen LogP contribution in [0.25, 0.3) is 10.9 Å². The highest BCUT2D eigenvalue weighted by molar-refractivity contribution is 6.62. The molecule has 0 spiro atoms. The molecule has 1 saturated carbocycles. The SMILES string of the molecule is C=C1CCC(c2nn(C)c3cc(N4CCN(C(C)(C)CCC5CCC(Oc6cccc(B7OC(C)(C)C(C)(C)O7)c6C)CC5)CC4)ccc23)C(=O)N1. The summed E-state index contributed by atoms with van der Waals surface area (Å²) >= 11 is 0. The van der Waals surface area contributed by atoms with Gasteiger partial charge in [0.2, 0.25) is 5.91 Å². The Hall–Kier alpha value is -3.34. The molecule has 280 valence electrons. The molecule has 1 amide bonds. The summed E-state index contributed by atoms with van der Waals surface area (Å²) < 4.78 is 21.3. The highest BCUT2D eigenvalue weighted by Gasteiger charge is 2.52. The van der Waals surface area contributed by atoms with Gasteiger partial charge in [0.25, 0.3) is 0 Å². The zero-order valence-electron chi connectivity index (χ0n) is 32.9. The second-order valence-electron chi connectivity index (χ2n) is 17.5. The van der Waals surface area contributed by atoms with E-state index in [2.05, 4.69) is 107 Å². The topological polar surface area (TPSA) is 81.1 Å². The molecule has 3 aliphatic heterocycles. The number of amides is 1. The maximum absolute atomic E-state index is 12.7. The summed E-state index contributed by atoms with van der Waals surface area (Å²) in [6.07, 6.45) is 8.95. The van der Waals surface area contributed by atoms with E-state index in [0.29, 0.717) is 0 Å². The van der Waals surface area contributed by atoms with Crippen molar-refractivity contribution < 1.29 is 18.8 Å². The third-order valence-electron chi connectivity index (χ3n) is 13.1. The van der Waals surface area contributed by atoms with E-state index in [0.717, 1.165) is 96.8 Å². The smallest absolute Gasteiger partial charge is 0.490 e. The van der Waals surface area contributed by atoms with Gasteiger partial charge in [-0.1, -0.05) is 18.7 Å². The molecule has 52 heavy (non-hydrogen) atoms. The van der Waals surface area contributed by atoms with Crippen molar-refractivity contribution in [1.29, 1.82) is 0 Å². The predicted molar refractivity (Wildman–Crippen MR) is 210 cm³/mol. The molecule has 3 saturated heterocycles. The molecule has 1 aliphatic carbocycles. The lowest BCUT2D eigenvalue weighted by atomic mass is 9.76. The number of ether oxygens (including phenoxy) is 1. The average molecular weight is 710 g/mol. The third kappa shape index (κ3) is 7.27. The Kier molecular flexibility index (Phi) is 10.1. The van der Waals surface area contributed by atoms with Crippen LogP contribution in [0.3, 0.4) is 0 Å². The summed E-state index contributed by atoms with van der Waals surface area (Å²) in [5, 5.41) is 8.81. The van der Waals surface area contributed by atoms with E-state index in [4.69, 9.17) is 19.1 Å². The van der Waals surface area contributed by atoms with Crippen LogP contribution in [0.2, 0.25) is 0 Å². The Morgan fingerprint density at radius 1 is 1.00 bits per heavy atom. The molecule has 4 heterocycles. The fraction of sp³-hybridized carbons (Fsp3) is 0.619. The molecule has 4 fully saturated rings. The largest absolute Gasteiger partial charge is 0.495 e. The number of hydrogen-bond acceptors (Lipinski definition) is 7. The number of aryl methyl sites for hydroxylation is 1. The Bertz CT molecular complexity index is 1780. The zero-order chi connectivity index (χ0) is 37.0. The fourth-order valence-electron chi connectivity index (χ4n) is 8.75. The van der Waals surface area contributed by atoms with Crippen molar-refractivity contribution in [3.05, 3.63) is 59.9 Å². The summed E-state index contributed by atoms with van der Waals surface area (Å²) in [7, 11) is 1.61. The van der Waals surface area contributed by atoms with Crippen LogP contribution >= 0.6 is 0 Å². The minimum absolute atomic E-state index is 0.00718. The van der Waals surface area contributed by atoms with E-state index < -0.39 is 0 Å². The van der Waals surface area contributed by atoms with Gasteiger partial charge in [-0.25, -0.2) is 0 Å². The predicted octanol–water partition coefficient (Wildman–Crippen LogP) is 7.01. The molecule has 1 unspecified atom stereocenters. The molecular formula is C42H60BN5O4. The summed E-state index contributed by atoms with van der Waals surface area (Å²) in [5.41, 5.74) is 5.61. The number of piperidine rings is 1. The number of anilines is 1. The van der Waals surface area contributed by atoms with Crippen LogP contribution in [-0.4, -0.2) is 76.7 Å². The molecule has 7 rings (SSSR count). The van der Waals surface area contributed by atoms with Gasteiger partial charge >= 0.3 is 7.12 Å². The van der Waals surface area contributed by atoms with E-state index in [1.54, 1.807) is 0 Å². The van der Waals surface area contributed by atoms with Crippen molar-refractivity contribution in [2.45, 2.75) is 129 Å². The summed E-state index contributed by atoms with van der Waals surface area (Å²) in [6, 6.07) is 12.9. The van der Waals surface area contributed by atoms with Gasteiger partial charge in [0, 0.05) is 55.5 Å². The van der Waals surface area contributed by atoms with Crippen LogP contribution in [0.4, 0.5) is 5.69 Å². The van der Waals surface area contributed by atoms with Gasteiger partial charge in [0.1, 0.15) is 5.75 Å². The van der Waals surface area contributed by atoms with Crippen LogP contribution in [0.1, 0.15) is 110 Å². The summed E-state index contributed by atoms with van der Waals surface area (Å²) in [6.45, 7) is 23.5. The second-order valence-corrected chi connectivity index (χ2v) is 17.5. The standard InChI is InChI=1S/C42H60BN5O4/c1-28-13-19-34(39(49)44-28)38-33-20-16-31(27-36(33)46(9)45-38)47-23-25-48(26-24-47)40(3,4)22-21-30-14-17-32(18-15-30)50-37-12-10-11-35(29(37)2)43-51-41(5,6)42(7,8)52-43/h10-12,16,20,27,30,32,34H,1,13-15,17-19,21-26H2,2-9H3,(H,44,49). The lowest BCUT2D eigenvalue weighted by molar-refractivity contribution is -0.122. The number of rotatable bonds is 9. The third-order valence-corrected chi connectivity index (χ3v) is 13.1. The second kappa shape index (κ2) is 14.1. The fourth-order valence-corrected chi connectivity index (χ4v) is 8.75. The first-order valence-corrected chi connectivity index (χ1v) is 19.7. The van der Waals surface area contributed by atoms with Crippen LogP contribution in [0, 0.1) is 12.8 Å².